The van der Waals surface area contributed by atoms with E-state index in [2.05, 4.69) is 11.5 Å². The van der Waals surface area contributed by atoms with Gasteiger partial charge >= 0.3 is 6.18 Å². The number of aromatic nitrogens is 1. The number of carbonyl (C=O) groups is 2. The first kappa shape index (κ1) is 29.7. The van der Waals surface area contributed by atoms with Crippen molar-refractivity contribution in [2.75, 3.05) is 37.6 Å². The van der Waals surface area contributed by atoms with Crippen molar-refractivity contribution in [1.29, 1.82) is 0 Å². The molecule has 1 saturated heterocycles. The molecule has 1 aliphatic carbocycles. The summed E-state index contributed by atoms with van der Waals surface area (Å²) in [4.78, 5) is 33.4. The molecule has 0 spiro atoms. The second-order valence-electron chi connectivity index (χ2n) is 11.8. The van der Waals surface area contributed by atoms with E-state index < -0.39 is 23.4 Å². The minimum Gasteiger partial charge on any atom is -0.335 e. The molecular weight excluding hydrogens is 565 g/mol. The molecule has 1 fully saturated rings. The number of nitrogens with zero attached hydrogens (tertiary/aromatic N) is 4. The zero-order valence-corrected chi connectivity index (χ0v) is 24.6. The highest BCUT2D eigenvalue weighted by molar-refractivity contribution is 6.08. The number of hydrogen-bond donors (Lipinski definition) is 0. The maximum absolute atomic E-state index is 14.7. The van der Waals surface area contributed by atoms with Crippen LogP contribution in [0.2, 0.25) is 0 Å². The SMILES string of the molecule is C=CCN1CCN(C(=O)c2ccc3n2Cc2ccccc2N(C(=O)C2=CC(C)(C(F)(F)F)C(c4ccccc4)C=C2)C3)CC1. The van der Waals surface area contributed by atoms with Crippen LogP contribution >= 0.6 is 0 Å². The first-order chi connectivity index (χ1) is 21.1. The second kappa shape index (κ2) is 11.6. The van der Waals surface area contributed by atoms with Gasteiger partial charge in [-0.05, 0) is 36.2 Å². The number of piperazine rings is 1. The van der Waals surface area contributed by atoms with Gasteiger partial charge in [0.2, 0.25) is 0 Å². The molecule has 3 aromatic rings. The Morgan fingerprint density at radius 3 is 2.34 bits per heavy atom. The van der Waals surface area contributed by atoms with E-state index >= 15 is 0 Å². The number of anilines is 1. The summed E-state index contributed by atoms with van der Waals surface area (Å²) >= 11 is 0. The number of rotatable bonds is 5. The summed E-state index contributed by atoms with van der Waals surface area (Å²) in [6.07, 6.45) is 1.36. The highest BCUT2D eigenvalue weighted by Crippen LogP contribution is 2.52. The number of carbonyl (C=O) groups excluding carboxylic acids is 2. The van der Waals surface area contributed by atoms with Gasteiger partial charge in [-0.3, -0.25) is 14.5 Å². The van der Waals surface area contributed by atoms with E-state index in [1.165, 1.54) is 17.1 Å². The van der Waals surface area contributed by atoms with Crippen molar-refractivity contribution >= 4 is 17.5 Å². The molecule has 9 heteroatoms. The molecule has 2 atom stereocenters. The molecule has 44 heavy (non-hydrogen) atoms. The van der Waals surface area contributed by atoms with Crippen LogP contribution in [0.1, 0.15) is 40.2 Å². The van der Waals surface area contributed by atoms with Gasteiger partial charge in [-0.15, -0.1) is 6.58 Å². The predicted molar refractivity (Wildman–Crippen MR) is 164 cm³/mol. The summed E-state index contributed by atoms with van der Waals surface area (Å²) in [6.45, 7) is 8.96. The van der Waals surface area contributed by atoms with E-state index in [4.69, 9.17) is 0 Å². The average molecular weight is 601 g/mol. The van der Waals surface area contributed by atoms with Crippen molar-refractivity contribution < 1.29 is 22.8 Å². The van der Waals surface area contributed by atoms with Crippen LogP contribution in [0, 0.1) is 5.41 Å². The molecule has 2 unspecified atom stereocenters. The number of hydrogen-bond acceptors (Lipinski definition) is 3. The zero-order chi connectivity index (χ0) is 31.1. The van der Waals surface area contributed by atoms with Gasteiger partial charge in [0, 0.05) is 55.6 Å². The Labute approximate surface area is 255 Å². The molecule has 0 N–H and O–H groups in total. The van der Waals surface area contributed by atoms with Gasteiger partial charge in [-0.25, -0.2) is 0 Å². The third-order valence-corrected chi connectivity index (χ3v) is 9.10. The van der Waals surface area contributed by atoms with Crippen LogP contribution in [0.25, 0.3) is 0 Å². The number of alkyl halides is 3. The topological polar surface area (TPSA) is 48.8 Å². The van der Waals surface area contributed by atoms with E-state index in [1.54, 1.807) is 36.4 Å². The molecule has 2 aromatic carbocycles. The summed E-state index contributed by atoms with van der Waals surface area (Å²) in [7, 11) is 0. The van der Waals surface area contributed by atoms with Crippen LogP contribution < -0.4 is 4.90 Å². The smallest absolute Gasteiger partial charge is 0.335 e. The van der Waals surface area contributed by atoms with Gasteiger partial charge in [0.1, 0.15) is 5.69 Å². The predicted octanol–water partition coefficient (Wildman–Crippen LogP) is 6.18. The Hall–Kier alpha value is -4.37. The molecular formula is C35H35F3N4O2. The van der Waals surface area contributed by atoms with Crippen molar-refractivity contribution in [2.45, 2.75) is 32.1 Å². The zero-order valence-electron chi connectivity index (χ0n) is 24.6. The normalized spacial score (nSPS) is 22.1. The van der Waals surface area contributed by atoms with Crippen LogP contribution in [0.15, 0.2) is 103 Å². The lowest BCUT2D eigenvalue weighted by Gasteiger charge is -2.38. The highest BCUT2D eigenvalue weighted by Gasteiger charge is 2.55. The van der Waals surface area contributed by atoms with Crippen molar-refractivity contribution in [2.24, 2.45) is 5.41 Å². The van der Waals surface area contributed by atoms with E-state index in [0.29, 0.717) is 36.6 Å². The molecule has 2 aliphatic heterocycles. The molecule has 0 bridgehead atoms. The Morgan fingerprint density at radius 1 is 0.932 bits per heavy atom. The summed E-state index contributed by atoms with van der Waals surface area (Å²) in [6, 6.07) is 19.6. The molecule has 3 aliphatic rings. The van der Waals surface area contributed by atoms with Crippen LogP contribution in [-0.4, -0.2) is 65.1 Å². The molecule has 3 heterocycles. The van der Waals surface area contributed by atoms with Crippen molar-refractivity contribution in [1.82, 2.24) is 14.4 Å². The highest BCUT2D eigenvalue weighted by atomic mass is 19.4. The molecule has 6 rings (SSSR count). The van der Waals surface area contributed by atoms with Gasteiger partial charge in [0.05, 0.1) is 18.5 Å². The van der Waals surface area contributed by atoms with Gasteiger partial charge in [-0.1, -0.05) is 72.8 Å². The van der Waals surface area contributed by atoms with Crippen LogP contribution in [0.5, 0.6) is 0 Å². The van der Waals surface area contributed by atoms with Gasteiger partial charge < -0.3 is 14.4 Å². The quantitative estimate of drug-likeness (QED) is 0.329. The second-order valence-corrected chi connectivity index (χ2v) is 11.8. The number of allylic oxidation sites excluding steroid dienone is 2. The third-order valence-electron chi connectivity index (χ3n) is 9.10. The Balaban J connectivity index is 1.32. The van der Waals surface area contributed by atoms with E-state index in [9.17, 15) is 22.8 Å². The summed E-state index contributed by atoms with van der Waals surface area (Å²) in [5.41, 5.74) is 0.934. The first-order valence-electron chi connectivity index (χ1n) is 14.8. The Morgan fingerprint density at radius 2 is 1.64 bits per heavy atom. The number of fused-ring (bicyclic) bond motifs is 2. The summed E-state index contributed by atoms with van der Waals surface area (Å²) in [5, 5.41) is 0. The van der Waals surface area contributed by atoms with Gasteiger partial charge in [0.15, 0.2) is 0 Å². The lowest BCUT2D eigenvalue weighted by atomic mass is 9.69. The van der Waals surface area contributed by atoms with E-state index in [0.717, 1.165) is 43.9 Å². The minimum absolute atomic E-state index is 0.0134. The van der Waals surface area contributed by atoms with E-state index in [1.807, 2.05) is 45.9 Å². The Bertz CT molecular complexity index is 1630. The molecule has 2 amide bonds. The largest absolute Gasteiger partial charge is 0.398 e. The number of amides is 2. The standard InChI is InChI=1S/C35H35F3N4O2/c1-3-17-39-18-20-40(21-19-39)33(44)31-16-14-28-24-42(30-12-8-7-11-27(30)23-41(28)31)32(43)26-13-15-29(25-9-5-4-6-10-25)34(2,22-26)35(36,37)38/h3-16,22,29H,1,17-21,23-24H2,2H3. The number of benzene rings is 2. The van der Waals surface area contributed by atoms with Crippen molar-refractivity contribution in [3.05, 3.63) is 126 Å². The molecule has 6 nitrogen and oxygen atoms in total. The molecule has 1 aromatic heterocycles. The first-order valence-corrected chi connectivity index (χ1v) is 14.8. The van der Waals surface area contributed by atoms with Crippen LogP contribution in [0.3, 0.4) is 0 Å². The molecule has 0 radical (unpaired) electrons. The van der Waals surface area contributed by atoms with E-state index in [-0.39, 0.29) is 18.0 Å². The fraction of sp³-hybridized carbons (Fsp3) is 0.314. The minimum atomic E-state index is -4.60. The monoisotopic (exact) mass is 600 g/mol. The fourth-order valence-electron chi connectivity index (χ4n) is 6.53. The number of para-hydroxylation sites is 1. The fourth-order valence-corrected chi connectivity index (χ4v) is 6.53. The van der Waals surface area contributed by atoms with Crippen LogP contribution in [-0.2, 0) is 17.9 Å². The van der Waals surface area contributed by atoms with Gasteiger partial charge in [0.25, 0.3) is 11.8 Å². The van der Waals surface area contributed by atoms with Gasteiger partial charge in [-0.2, -0.15) is 13.2 Å². The van der Waals surface area contributed by atoms with Crippen molar-refractivity contribution in [3.8, 4) is 0 Å². The average Bonchev–Trinajstić information content (AvgIpc) is 3.33. The third kappa shape index (κ3) is 5.30. The van der Waals surface area contributed by atoms with Crippen molar-refractivity contribution in [3.63, 3.8) is 0 Å². The lowest BCUT2D eigenvalue weighted by Crippen LogP contribution is -2.49. The lowest BCUT2D eigenvalue weighted by molar-refractivity contribution is -0.204. The molecule has 228 valence electrons. The summed E-state index contributed by atoms with van der Waals surface area (Å²) < 4.78 is 46.0. The Kier molecular flexibility index (Phi) is 7.84. The number of halogens is 3. The maximum atomic E-state index is 14.7. The molecule has 0 saturated carbocycles. The maximum Gasteiger partial charge on any atom is 0.398 e. The summed E-state index contributed by atoms with van der Waals surface area (Å²) in [5.74, 6) is -1.56. The van der Waals surface area contributed by atoms with Crippen LogP contribution in [0.4, 0.5) is 18.9 Å².